The summed E-state index contributed by atoms with van der Waals surface area (Å²) < 4.78 is 7.25. The molecule has 0 aromatic carbocycles. The second-order valence-corrected chi connectivity index (χ2v) is 6.55. The minimum absolute atomic E-state index is 0.0429. The van der Waals surface area contributed by atoms with Gasteiger partial charge in [0.15, 0.2) is 0 Å². The van der Waals surface area contributed by atoms with Crippen LogP contribution in [-0.2, 0) is 24.4 Å². The molecule has 8 heteroatoms. The molecule has 1 aromatic rings. The van der Waals surface area contributed by atoms with E-state index in [-0.39, 0.29) is 18.1 Å². The molecule has 3 rings (SSSR count). The van der Waals surface area contributed by atoms with Gasteiger partial charge in [0, 0.05) is 45.9 Å². The highest BCUT2D eigenvalue weighted by Gasteiger charge is 2.26. The Labute approximate surface area is 141 Å². The number of hydrogen-bond donors (Lipinski definition) is 1. The molecule has 0 saturated carbocycles. The summed E-state index contributed by atoms with van der Waals surface area (Å²) in [4.78, 5) is 32.5. The van der Waals surface area contributed by atoms with Crippen molar-refractivity contribution in [2.24, 2.45) is 0 Å². The Bertz CT molecular complexity index is 652. The highest BCUT2D eigenvalue weighted by molar-refractivity contribution is 5.73. The van der Waals surface area contributed by atoms with Crippen LogP contribution in [0.5, 0.6) is 0 Å². The number of nitrogens with one attached hydrogen (secondary N) is 1. The Morgan fingerprint density at radius 2 is 2.29 bits per heavy atom. The van der Waals surface area contributed by atoms with E-state index in [4.69, 9.17) is 4.74 Å². The number of urea groups is 1. The highest BCUT2D eigenvalue weighted by Crippen LogP contribution is 2.18. The fourth-order valence-corrected chi connectivity index (χ4v) is 3.20. The van der Waals surface area contributed by atoms with Gasteiger partial charge in [-0.05, 0) is 12.8 Å². The van der Waals surface area contributed by atoms with Crippen LogP contribution in [0.3, 0.4) is 0 Å². The number of carbonyl (C=O) groups is 1. The van der Waals surface area contributed by atoms with Gasteiger partial charge in [0.1, 0.15) is 5.82 Å². The van der Waals surface area contributed by atoms with Gasteiger partial charge in [-0.25, -0.2) is 9.78 Å². The second kappa shape index (κ2) is 7.31. The van der Waals surface area contributed by atoms with Crippen LogP contribution in [0.25, 0.3) is 0 Å². The maximum absolute atomic E-state index is 12.4. The molecule has 0 bridgehead atoms. The fourth-order valence-electron chi connectivity index (χ4n) is 3.20. The smallest absolute Gasteiger partial charge is 0.317 e. The van der Waals surface area contributed by atoms with Crippen molar-refractivity contribution in [1.82, 2.24) is 24.7 Å². The minimum atomic E-state index is -0.198. The van der Waals surface area contributed by atoms with E-state index in [1.165, 1.54) is 11.0 Å². The molecule has 0 aliphatic carbocycles. The largest absolute Gasteiger partial charge is 0.380 e. The summed E-state index contributed by atoms with van der Waals surface area (Å²) in [6, 6.07) is 1.73. The zero-order valence-electron chi connectivity index (χ0n) is 14.3. The Balaban J connectivity index is 1.77. The quantitative estimate of drug-likeness (QED) is 0.842. The Kier molecular flexibility index (Phi) is 5.15. The van der Waals surface area contributed by atoms with Crippen molar-refractivity contribution in [3.8, 4) is 0 Å². The maximum Gasteiger partial charge on any atom is 0.317 e. The van der Waals surface area contributed by atoms with Gasteiger partial charge >= 0.3 is 6.03 Å². The zero-order valence-corrected chi connectivity index (χ0v) is 14.3. The fraction of sp³-hybridized carbons (Fsp3) is 0.688. The summed E-state index contributed by atoms with van der Waals surface area (Å²) in [6.45, 7) is 4.10. The normalized spacial score (nSPS) is 21.2. The molecular weight excluding hydrogens is 310 g/mol. The van der Waals surface area contributed by atoms with Gasteiger partial charge in [-0.3, -0.25) is 14.3 Å². The van der Waals surface area contributed by atoms with Crippen LogP contribution in [0.15, 0.2) is 10.9 Å². The lowest BCUT2D eigenvalue weighted by Gasteiger charge is -2.25. The molecule has 24 heavy (non-hydrogen) atoms. The Morgan fingerprint density at radius 1 is 1.46 bits per heavy atom. The van der Waals surface area contributed by atoms with Crippen molar-refractivity contribution >= 4 is 6.03 Å². The minimum Gasteiger partial charge on any atom is -0.380 e. The molecule has 2 aliphatic heterocycles. The first-order chi connectivity index (χ1) is 11.5. The summed E-state index contributed by atoms with van der Waals surface area (Å²) in [7, 11) is 3.35. The number of aromatic nitrogens is 2. The van der Waals surface area contributed by atoms with Crippen molar-refractivity contribution in [3.63, 3.8) is 0 Å². The van der Waals surface area contributed by atoms with Gasteiger partial charge in [0.2, 0.25) is 0 Å². The SMILES string of the molecule is CN(C)C(=O)NCc1cc(=O)n2c(n1)CN(C1CCOC1)CCC2. The number of rotatable bonds is 3. The molecule has 1 saturated heterocycles. The topological polar surface area (TPSA) is 79.7 Å². The molecule has 1 unspecified atom stereocenters. The van der Waals surface area contributed by atoms with E-state index in [0.29, 0.717) is 24.8 Å². The van der Waals surface area contributed by atoms with Crippen molar-refractivity contribution in [2.75, 3.05) is 33.9 Å². The van der Waals surface area contributed by atoms with Crippen LogP contribution in [0.2, 0.25) is 0 Å². The molecule has 3 heterocycles. The van der Waals surface area contributed by atoms with E-state index in [9.17, 15) is 9.59 Å². The average molecular weight is 335 g/mol. The number of ether oxygens (including phenoxy) is 1. The molecule has 2 amide bonds. The van der Waals surface area contributed by atoms with E-state index >= 15 is 0 Å². The standard InChI is InChI=1S/C16H25N5O3/c1-19(2)16(23)17-9-12-8-15(22)21-6-3-5-20(10-14(21)18-12)13-4-7-24-11-13/h8,13H,3-7,9-11H2,1-2H3,(H,17,23). The van der Waals surface area contributed by atoms with Crippen LogP contribution in [0, 0.1) is 0 Å². The molecule has 2 aliphatic rings. The molecule has 132 valence electrons. The van der Waals surface area contributed by atoms with Crippen LogP contribution in [0.4, 0.5) is 4.79 Å². The van der Waals surface area contributed by atoms with Crippen LogP contribution in [0.1, 0.15) is 24.4 Å². The van der Waals surface area contributed by atoms with E-state index in [1.54, 1.807) is 18.7 Å². The summed E-state index contributed by atoms with van der Waals surface area (Å²) >= 11 is 0. The van der Waals surface area contributed by atoms with Crippen molar-refractivity contribution < 1.29 is 9.53 Å². The Morgan fingerprint density at radius 3 is 3.00 bits per heavy atom. The molecule has 8 nitrogen and oxygen atoms in total. The molecule has 1 atom stereocenters. The first-order valence-corrected chi connectivity index (χ1v) is 8.41. The monoisotopic (exact) mass is 335 g/mol. The van der Waals surface area contributed by atoms with Crippen LogP contribution >= 0.6 is 0 Å². The summed E-state index contributed by atoms with van der Waals surface area (Å²) in [5.41, 5.74) is 0.560. The molecule has 1 N–H and O–H groups in total. The predicted molar refractivity (Wildman–Crippen MR) is 88.7 cm³/mol. The van der Waals surface area contributed by atoms with Gasteiger partial charge in [-0.2, -0.15) is 0 Å². The van der Waals surface area contributed by atoms with Crippen molar-refractivity contribution in [3.05, 3.63) is 27.9 Å². The van der Waals surface area contributed by atoms with Crippen LogP contribution < -0.4 is 10.9 Å². The number of hydrogen-bond acceptors (Lipinski definition) is 5. The van der Waals surface area contributed by atoms with E-state index in [2.05, 4.69) is 15.2 Å². The number of fused-ring (bicyclic) bond motifs is 1. The van der Waals surface area contributed by atoms with Gasteiger partial charge < -0.3 is 15.0 Å². The summed E-state index contributed by atoms with van der Waals surface area (Å²) in [6.07, 6.45) is 1.96. The zero-order chi connectivity index (χ0) is 17.1. The molecule has 1 aromatic heterocycles. The predicted octanol–water partition coefficient (Wildman–Crippen LogP) is 0.00910. The van der Waals surface area contributed by atoms with E-state index in [1.807, 2.05) is 0 Å². The van der Waals surface area contributed by atoms with Gasteiger partial charge in [0.05, 0.1) is 25.4 Å². The molecule has 1 fully saturated rings. The first-order valence-electron chi connectivity index (χ1n) is 8.41. The van der Waals surface area contributed by atoms with E-state index < -0.39 is 0 Å². The van der Waals surface area contributed by atoms with Crippen molar-refractivity contribution in [1.29, 1.82) is 0 Å². The average Bonchev–Trinajstić information content (AvgIpc) is 2.99. The lowest BCUT2D eigenvalue weighted by Crippen LogP contribution is -2.37. The highest BCUT2D eigenvalue weighted by atomic mass is 16.5. The van der Waals surface area contributed by atoms with Crippen molar-refractivity contribution in [2.45, 2.75) is 38.5 Å². The molecular formula is C16H25N5O3. The number of amides is 2. The third-order valence-corrected chi connectivity index (χ3v) is 4.56. The first kappa shape index (κ1) is 16.9. The van der Waals surface area contributed by atoms with Gasteiger partial charge in [0.25, 0.3) is 5.56 Å². The third kappa shape index (κ3) is 3.76. The lowest BCUT2D eigenvalue weighted by atomic mass is 10.2. The third-order valence-electron chi connectivity index (χ3n) is 4.56. The Hall–Kier alpha value is -1.93. The summed E-state index contributed by atoms with van der Waals surface area (Å²) in [5.74, 6) is 0.779. The van der Waals surface area contributed by atoms with Crippen LogP contribution in [-0.4, -0.2) is 65.3 Å². The number of nitrogens with zero attached hydrogens (tertiary/aromatic N) is 4. The lowest BCUT2D eigenvalue weighted by molar-refractivity contribution is 0.139. The molecule has 0 radical (unpaired) electrons. The maximum atomic E-state index is 12.4. The van der Waals surface area contributed by atoms with Gasteiger partial charge in [-0.15, -0.1) is 0 Å². The van der Waals surface area contributed by atoms with E-state index in [0.717, 1.165) is 38.4 Å². The van der Waals surface area contributed by atoms with Gasteiger partial charge in [-0.1, -0.05) is 0 Å². The molecule has 0 spiro atoms. The number of carbonyl (C=O) groups excluding carboxylic acids is 1. The summed E-state index contributed by atoms with van der Waals surface area (Å²) in [5, 5.41) is 2.76. The second-order valence-electron chi connectivity index (χ2n) is 6.55.